The molecule has 2 fully saturated rings. The molecule has 0 aliphatic carbocycles. The lowest BCUT2D eigenvalue weighted by Crippen LogP contribution is -2.37. The summed E-state index contributed by atoms with van der Waals surface area (Å²) in [6, 6.07) is 4.21. The van der Waals surface area contributed by atoms with Crippen molar-refractivity contribution in [1.82, 2.24) is 14.9 Å². The molecule has 3 heterocycles. The Hall–Kier alpha value is -3.43. The molecule has 0 N–H and O–H groups in total. The van der Waals surface area contributed by atoms with Gasteiger partial charge in [0.05, 0.1) is 13.3 Å². The predicted molar refractivity (Wildman–Crippen MR) is 131 cm³/mol. The Labute approximate surface area is 210 Å². The maximum Gasteiger partial charge on any atom is 0.410 e. The zero-order valence-electron chi connectivity index (χ0n) is 21.3. The molecule has 194 valence electrons. The maximum atomic E-state index is 13.9. The molecule has 1 aromatic carbocycles. The number of methoxy groups -OCH3 is 1. The number of likely N-dealkylation sites (tertiary alicyclic amines) is 1. The van der Waals surface area contributed by atoms with Gasteiger partial charge in [-0.3, -0.25) is 4.79 Å². The van der Waals surface area contributed by atoms with Gasteiger partial charge in [0.15, 0.2) is 11.6 Å². The van der Waals surface area contributed by atoms with Gasteiger partial charge in [0.25, 0.3) is 0 Å². The van der Waals surface area contributed by atoms with Crippen LogP contribution >= 0.6 is 0 Å². The molecule has 2 aliphatic rings. The highest BCUT2D eigenvalue weighted by Gasteiger charge is 2.46. The topological polar surface area (TPSA) is 94.1 Å². The second kappa shape index (κ2) is 10.3. The summed E-state index contributed by atoms with van der Waals surface area (Å²) in [5.41, 5.74) is -0.0183. The summed E-state index contributed by atoms with van der Waals surface area (Å²) in [6.07, 6.45) is 4.96. The van der Waals surface area contributed by atoms with Crippen LogP contribution in [0.2, 0.25) is 0 Å². The van der Waals surface area contributed by atoms with Crippen molar-refractivity contribution >= 4 is 17.9 Å². The van der Waals surface area contributed by atoms with Gasteiger partial charge in [-0.1, -0.05) is 0 Å². The van der Waals surface area contributed by atoms with E-state index in [1.807, 2.05) is 20.8 Å². The van der Waals surface area contributed by atoms with Crippen LogP contribution in [0.25, 0.3) is 0 Å². The number of anilines is 1. The molecule has 1 unspecified atom stereocenters. The summed E-state index contributed by atoms with van der Waals surface area (Å²) in [5.74, 6) is 0.725. The zero-order chi connectivity index (χ0) is 25.9. The minimum absolute atomic E-state index is 0.0410. The number of carbonyl (C=O) groups is 2. The number of benzene rings is 1. The van der Waals surface area contributed by atoms with Gasteiger partial charge in [0, 0.05) is 38.0 Å². The van der Waals surface area contributed by atoms with Gasteiger partial charge in [0.1, 0.15) is 23.5 Å². The van der Waals surface area contributed by atoms with E-state index in [1.54, 1.807) is 17.2 Å². The molecule has 10 heteroatoms. The van der Waals surface area contributed by atoms with E-state index in [4.69, 9.17) is 14.2 Å². The molecule has 2 aromatic rings. The predicted octanol–water partition coefficient (Wildman–Crippen LogP) is 4.35. The van der Waals surface area contributed by atoms with Crippen molar-refractivity contribution in [3.8, 4) is 11.5 Å². The van der Waals surface area contributed by atoms with Crippen molar-refractivity contribution in [2.24, 2.45) is 5.41 Å². The quantitative estimate of drug-likeness (QED) is 0.541. The number of amides is 1. The number of esters is 1. The Morgan fingerprint density at radius 2 is 1.92 bits per heavy atom. The molecule has 36 heavy (non-hydrogen) atoms. The molecule has 0 radical (unpaired) electrons. The van der Waals surface area contributed by atoms with E-state index in [-0.39, 0.29) is 30.3 Å². The molecular weight excluding hydrogens is 467 g/mol. The van der Waals surface area contributed by atoms with Crippen molar-refractivity contribution in [2.75, 3.05) is 38.2 Å². The number of nitrogens with zero attached hydrogens (tertiary/aromatic N) is 4. The lowest BCUT2D eigenvalue weighted by Gasteiger charge is -2.27. The monoisotopic (exact) mass is 500 g/mol. The highest BCUT2D eigenvalue weighted by molar-refractivity contribution is 5.70. The van der Waals surface area contributed by atoms with E-state index in [2.05, 4.69) is 14.9 Å². The summed E-state index contributed by atoms with van der Waals surface area (Å²) < 4.78 is 30.4. The SMILES string of the molecule is COC(=O)CCc1cc(F)ccc1Oc1cncnc1N1CCC2(CCN(C(=O)OC(C)(C)C)C2)C1. The van der Waals surface area contributed by atoms with E-state index < -0.39 is 11.4 Å². The highest BCUT2D eigenvalue weighted by Crippen LogP contribution is 2.43. The molecule has 0 saturated carbocycles. The number of hydrogen-bond acceptors (Lipinski definition) is 8. The minimum Gasteiger partial charge on any atom is -0.469 e. The van der Waals surface area contributed by atoms with Crippen LogP contribution in [0.4, 0.5) is 15.0 Å². The van der Waals surface area contributed by atoms with Crippen LogP contribution in [0.3, 0.4) is 0 Å². The average Bonchev–Trinajstić information content (AvgIpc) is 3.45. The van der Waals surface area contributed by atoms with Crippen molar-refractivity contribution < 1.29 is 28.2 Å². The standard InChI is InChI=1S/C26H33FN4O5/c1-25(2,3)36-24(33)31-12-10-26(16-31)9-11-30(15-26)23-21(14-28-17-29-23)35-20-7-6-19(27)13-18(20)5-8-22(32)34-4/h6-7,13-14,17H,5,8-12,15-16H2,1-4H3. The first-order valence-corrected chi connectivity index (χ1v) is 12.1. The molecular formula is C26H33FN4O5. The molecule has 4 rings (SSSR count). The number of aromatic nitrogens is 2. The number of carbonyl (C=O) groups excluding carboxylic acids is 2. The lowest BCUT2D eigenvalue weighted by molar-refractivity contribution is -0.140. The molecule has 1 spiro atoms. The Morgan fingerprint density at radius 3 is 2.67 bits per heavy atom. The first-order chi connectivity index (χ1) is 17.1. The average molecular weight is 501 g/mol. The number of rotatable bonds is 6. The minimum atomic E-state index is -0.530. The van der Waals surface area contributed by atoms with E-state index in [1.165, 1.54) is 25.6 Å². The van der Waals surface area contributed by atoms with Gasteiger partial charge >= 0.3 is 12.1 Å². The van der Waals surface area contributed by atoms with Crippen LogP contribution in [0, 0.1) is 11.2 Å². The van der Waals surface area contributed by atoms with E-state index in [0.717, 1.165) is 25.9 Å². The van der Waals surface area contributed by atoms with Gasteiger partial charge in [-0.15, -0.1) is 0 Å². The van der Waals surface area contributed by atoms with Gasteiger partial charge in [-0.05, 0) is 63.8 Å². The summed E-state index contributed by atoms with van der Waals surface area (Å²) in [7, 11) is 1.32. The van der Waals surface area contributed by atoms with Crippen LogP contribution in [0.15, 0.2) is 30.7 Å². The zero-order valence-corrected chi connectivity index (χ0v) is 21.3. The van der Waals surface area contributed by atoms with Crippen LogP contribution in [-0.2, 0) is 20.7 Å². The normalized spacial score (nSPS) is 19.6. The molecule has 2 aliphatic heterocycles. The number of hydrogen-bond donors (Lipinski definition) is 0. The van der Waals surface area contributed by atoms with Crippen molar-refractivity contribution in [1.29, 1.82) is 0 Å². The second-order valence-corrected chi connectivity index (χ2v) is 10.5. The van der Waals surface area contributed by atoms with Crippen LogP contribution in [0.1, 0.15) is 45.6 Å². The Balaban J connectivity index is 1.48. The summed E-state index contributed by atoms with van der Waals surface area (Å²) in [5, 5.41) is 0. The number of aryl methyl sites for hydroxylation is 1. The maximum absolute atomic E-state index is 13.9. The van der Waals surface area contributed by atoms with E-state index in [0.29, 0.717) is 36.0 Å². The summed E-state index contributed by atoms with van der Waals surface area (Å²) in [4.78, 5) is 36.7. The lowest BCUT2D eigenvalue weighted by atomic mass is 9.86. The fourth-order valence-electron chi connectivity index (χ4n) is 4.79. The first-order valence-electron chi connectivity index (χ1n) is 12.1. The third kappa shape index (κ3) is 6.03. The fourth-order valence-corrected chi connectivity index (χ4v) is 4.79. The Bertz CT molecular complexity index is 1120. The smallest absolute Gasteiger partial charge is 0.410 e. The molecule has 2 saturated heterocycles. The summed E-state index contributed by atoms with van der Waals surface area (Å²) in [6.45, 7) is 8.38. The molecule has 1 amide bonds. The van der Waals surface area contributed by atoms with Crippen molar-refractivity contribution in [3.63, 3.8) is 0 Å². The largest absolute Gasteiger partial charge is 0.469 e. The number of ether oxygens (including phenoxy) is 3. The van der Waals surface area contributed by atoms with Gasteiger partial charge in [-0.25, -0.2) is 19.2 Å². The third-order valence-corrected chi connectivity index (χ3v) is 6.56. The fraction of sp³-hybridized carbons (Fsp3) is 0.538. The highest BCUT2D eigenvalue weighted by atomic mass is 19.1. The van der Waals surface area contributed by atoms with E-state index in [9.17, 15) is 14.0 Å². The number of halogens is 1. The second-order valence-electron chi connectivity index (χ2n) is 10.5. The molecule has 0 bridgehead atoms. The molecule has 9 nitrogen and oxygen atoms in total. The molecule has 1 aromatic heterocycles. The van der Waals surface area contributed by atoms with Gasteiger partial charge in [0.2, 0.25) is 0 Å². The van der Waals surface area contributed by atoms with Crippen molar-refractivity contribution in [2.45, 2.75) is 52.1 Å². The Morgan fingerprint density at radius 1 is 1.14 bits per heavy atom. The summed E-state index contributed by atoms with van der Waals surface area (Å²) >= 11 is 0. The Kier molecular flexibility index (Phi) is 7.33. The first kappa shape index (κ1) is 25.7. The third-order valence-electron chi connectivity index (χ3n) is 6.56. The van der Waals surface area contributed by atoms with Crippen LogP contribution in [0.5, 0.6) is 11.5 Å². The van der Waals surface area contributed by atoms with Gasteiger partial charge in [-0.2, -0.15) is 0 Å². The van der Waals surface area contributed by atoms with Crippen molar-refractivity contribution in [3.05, 3.63) is 42.1 Å². The van der Waals surface area contributed by atoms with Crippen LogP contribution in [-0.4, -0.2) is 65.8 Å². The van der Waals surface area contributed by atoms with Gasteiger partial charge < -0.3 is 24.0 Å². The van der Waals surface area contributed by atoms with Crippen LogP contribution < -0.4 is 9.64 Å². The van der Waals surface area contributed by atoms with E-state index >= 15 is 0 Å². The molecule has 1 atom stereocenters.